The molecule has 2 heteroatoms. The van der Waals surface area contributed by atoms with Gasteiger partial charge in [-0.25, -0.2) is 0 Å². The van der Waals surface area contributed by atoms with E-state index >= 15 is 0 Å². The number of hydrogen-bond donors (Lipinski definition) is 0. The lowest BCUT2D eigenvalue weighted by atomic mass is 10.1. The lowest BCUT2D eigenvalue weighted by Gasteiger charge is -2.01. The summed E-state index contributed by atoms with van der Waals surface area (Å²) in [5.74, 6) is -0.0554. The molecule has 0 saturated heterocycles. The van der Waals surface area contributed by atoms with Crippen LogP contribution in [0.2, 0.25) is 0 Å². The molecule has 0 spiro atoms. The lowest BCUT2D eigenvalue weighted by Crippen LogP contribution is -2.04. The summed E-state index contributed by atoms with van der Waals surface area (Å²) < 4.78 is 5.11. The summed E-state index contributed by atoms with van der Waals surface area (Å²) in [6.07, 6.45) is 19.8. The van der Waals surface area contributed by atoms with E-state index in [0.717, 1.165) is 25.7 Å². The van der Waals surface area contributed by atoms with E-state index in [1.165, 1.54) is 51.4 Å². The van der Waals surface area contributed by atoms with Crippen molar-refractivity contribution in [3.05, 3.63) is 12.2 Å². The van der Waals surface area contributed by atoms with Gasteiger partial charge in [0.05, 0.1) is 6.61 Å². The molecule has 0 saturated carbocycles. The Morgan fingerprint density at radius 2 is 1.33 bits per heavy atom. The molecule has 0 N–H and O–H groups in total. The Labute approximate surface area is 132 Å². The summed E-state index contributed by atoms with van der Waals surface area (Å²) in [6.45, 7) is 4.94. The van der Waals surface area contributed by atoms with Crippen LogP contribution < -0.4 is 0 Å². The summed E-state index contributed by atoms with van der Waals surface area (Å²) >= 11 is 0. The molecule has 0 aromatic heterocycles. The molecule has 21 heavy (non-hydrogen) atoms. The molecule has 0 rings (SSSR count). The van der Waals surface area contributed by atoms with Crippen molar-refractivity contribution < 1.29 is 9.53 Å². The highest BCUT2D eigenvalue weighted by Gasteiger charge is 1.99. The number of ether oxygens (including phenoxy) is 1. The van der Waals surface area contributed by atoms with Gasteiger partial charge in [-0.2, -0.15) is 0 Å². The Balaban J connectivity index is 3.20. The summed E-state index contributed by atoms with van der Waals surface area (Å²) in [7, 11) is 0. The minimum absolute atomic E-state index is 0.0554. The molecule has 0 atom stereocenters. The SMILES string of the molecule is CCCCCCCCCCC=CCCC(=O)OCCCC. The van der Waals surface area contributed by atoms with Crippen molar-refractivity contribution >= 4 is 5.97 Å². The zero-order valence-electron chi connectivity index (χ0n) is 14.4. The molecule has 0 radical (unpaired) electrons. The maximum atomic E-state index is 11.3. The molecule has 0 aliphatic rings. The first-order valence-corrected chi connectivity index (χ1v) is 9.11. The first-order valence-electron chi connectivity index (χ1n) is 9.11. The summed E-state index contributed by atoms with van der Waals surface area (Å²) in [5.41, 5.74) is 0. The van der Waals surface area contributed by atoms with Crippen molar-refractivity contribution in [2.75, 3.05) is 6.61 Å². The fourth-order valence-electron chi connectivity index (χ4n) is 2.24. The van der Waals surface area contributed by atoms with Gasteiger partial charge in [-0.1, -0.05) is 77.4 Å². The second-order valence-electron chi connectivity index (χ2n) is 5.85. The average Bonchev–Trinajstić information content (AvgIpc) is 2.48. The van der Waals surface area contributed by atoms with Crippen LogP contribution in [0.15, 0.2) is 12.2 Å². The first kappa shape index (κ1) is 20.2. The Hall–Kier alpha value is -0.790. The van der Waals surface area contributed by atoms with Crippen LogP contribution in [0.5, 0.6) is 0 Å². The molecular weight excluding hydrogens is 260 g/mol. The number of hydrogen-bond acceptors (Lipinski definition) is 2. The van der Waals surface area contributed by atoms with Crippen molar-refractivity contribution in [3.63, 3.8) is 0 Å². The maximum absolute atomic E-state index is 11.3. The Morgan fingerprint density at radius 1 is 0.762 bits per heavy atom. The highest BCUT2D eigenvalue weighted by Crippen LogP contribution is 2.10. The summed E-state index contributed by atoms with van der Waals surface area (Å²) in [5, 5.41) is 0. The van der Waals surface area contributed by atoms with E-state index in [0.29, 0.717) is 13.0 Å². The molecule has 0 aromatic carbocycles. The third kappa shape index (κ3) is 17.2. The molecule has 124 valence electrons. The topological polar surface area (TPSA) is 26.3 Å². The van der Waals surface area contributed by atoms with Crippen LogP contribution in [-0.2, 0) is 9.53 Å². The molecule has 0 aliphatic heterocycles. The minimum atomic E-state index is -0.0554. The Morgan fingerprint density at radius 3 is 2.00 bits per heavy atom. The van der Waals surface area contributed by atoms with Crippen molar-refractivity contribution in [1.29, 1.82) is 0 Å². The van der Waals surface area contributed by atoms with E-state index in [-0.39, 0.29) is 5.97 Å². The van der Waals surface area contributed by atoms with E-state index in [1.54, 1.807) is 0 Å². The number of carbonyl (C=O) groups is 1. The number of allylic oxidation sites excluding steroid dienone is 2. The molecular formula is C19H36O2. The van der Waals surface area contributed by atoms with Crippen molar-refractivity contribution in [3.8, 4) is 0 Å². The highest BCUT2D eigenvalue weighted by atomic mass is 16.5. The van der Waals surface area contributed by atoms with E-state index in [4.69, 9.17) is 4.74 Å². The fourth-order valence-corrected chi connectivity index (χ4v) is 2.24. The van der Waals surface area contributed by atoms with Crippen molar-refractivity contribution in [1.82, 2.24) is 0 Å². The zero-order valence-corrected chi connectivity index (χ0v) is 14.4. The maximum Gasteiger partial charge on any atom is 0.306 e. The smallest absolute Gasteiger partial charge is 0.306 e. The number of rotatable bonds is 15. The van der Waals surface area contributed by atoms with Crippen LogP contribution in [0.4, 0.5) is 0 Å². The van der Waals surface area contributed by atoms with Gasteiger partial charge in [-0.05, 0) is 25.7 Å². The van der Waals surface area contributed by atoms with Gasteiger partial charge in [0, 0.05) is 6.42 Å². The molecule has 0 aliphatic carbocycles. The first-order chi connectivity index (χ1) is 10.3. The van der Waals surface area contributed by atoms with Gasteiger partial charge < -0.3 is 4.74 Å². The van der Waals surface area contributed by atoms with Crippen molar-refractivity contribution in [2.45, 2.75) is 97.3 Å². The molecule has 0 fully saturated rings. The second kappa shape index (κ2) is 17.3. The Bertz CT molecular complexity index is 246. The van der Waals surface area contributed by atoms with Crippen LogP contribution in [0.25, 0.3) is 0 Å². The summed E-state index contributed by atoms with van der Waals surface area (Å²) in [6, 6.07) is 0. The van der Waals surface area contributed by atoms with Crippen LogP contribution in [0, 0.1) is 0 Å². The van der Waals surface area contributed by atoms with E-state index in [1.807, 2.05) is 0 Å². The van der Waals surface area contributed by atoms with Gasteiger partial charge in [0.1, 0.15) is 0 Å². The van der Waals surface area contributed by atoms with Crippen LogP contribution in [0.1, 0.15) is 97.3 Å². The normalized spacial score (nSPS) is 11.1. The van der Waals surface area contributed by atoms with E-state index in [2.05, 4.69) is 26.0 Å². The quantitative estimate of drug-likeness (QED) is 0.204. The van der Waals surface area contributed by atoms with Crippen LogP contribution in [-0.4, -0.2) is 12.6 Å². The number of esters is 1. The fraction of sp³-hybridized carbons (Fsp3) is 0.842. The zero-order chi connectivity index (χ0) is 15.6. The van der Waals surface area contributed by atoms with Gasteiger partial charge >= 0.3 is 5.97 Å². The van der Waals surface area contributed by atoms with Gasteiger partial charge in [0.25, 0.3) is 0 Å². The van der Waals surface area contributed by atoms with E-state index in [9.17, 15) is 4.79 Å². The van der Waals surface area contributed by atoms with Crippen LogP contribution in [0.3, 0.4) is 0 Å². The predicted octanol–water partition coefficient (Wildman–Crippen LogP) is 6.20. The molecule has 0 heterocycles. The summed E-state index contributed by atoms with van der Waals surface area (Å²) in [4.78, 5) is 11.3. The standard InChI is InChI=1S/C19H36O2/c1-3-5-7-8-9-10-11-12-13-14-15-16-17-19(20)21-18-6-4-2/h14-15H,3-13,16-18H2,1-2H3. The molecule has 0 bridgehead atoms. The highest BCUT2D eigenvalue weighted by molar-refractivity contribution is 5.69. The predicted molar refractivity (Wildman–Crippen MR) is 91.5 cm³/mol. The van der Waals surface area contributed by atoms with Crippen LogP contribution >= 0.6 is 0 Å². The van der Waals surface area contributed by atoms with Gasteiger partial charge in [0.2, 0.25) is 0 Å². The van der Waals surface area contributed by atoms with E-state index < -0.39 is 0 Å². The minimum Gasteiger partial charge on any atom is -0.466 e. The molecule has 2 nitrogen and oxygen atoms in total. The average molecular weight is 296 g/mol. The molecule has 0 amide bonds. The monoisotopic (exact) mass is 296 g/mol. The number of carbonyl (C=O) groups excluding carboxylic acids is 1. The van der Waals surface area contributed by atoms with Gasteiger partial charge in [-0.15, -0.1) is 0 Å². The third-order valence-corrected chi connectivity index (χ3v) is 3.67. The number of unbranched alkanes of at least 4 members (excludes halogenated alkanes) is 9. The lowest BCUT2D eigenvalue weighted by molar-refractivity contribution is -0.143. The second-order valence-corrected chi connectivity index (χ2v) is 5.85. The largest absolute Gasteiger partial charge is 0.466 e. The van der Waals surface area contributed by atoms with Gasteiger partial charge in [0.15, 0.2) is 0 Å². The Kier molecular flexibility index (Phi) is 16.6. The molecule has 0 unspecified atom stereocenters. The van der Waals surface area contributed by atoms with Crippen molar-refractivity contribution in [2.24, 2.45) is 0 Å². The molecule has 0 aromatic rings. The van der Waals surface area contributed by atoms with Gasteiger partial charge in [-0.3, -0.25) is 4.79 Å². The third-order valence-electron chi connectivity index (χ3n) is 3.67.